The van der Waals surface area contributed by atoms with Gasteiger partial charge in [0.15, 0.2) is 0 Å². The number of hydrogen-bond donors (Lipinski definition) is 0. The molecule has 1 aromatic rings. The van der Waals surface area contributed by atoms with Crippen LogP contribution in [0.25, 0.3) is 0 Å². The van der Waals surface area contributed by atoms with Crippen LogP contribution >= 0.6 is 11.6 Å². The van der Waals surface area contributed by atoms with Crippen LogP contribution in [0.2, 0.25) is 0 Å². The molecule has 0 aliphatic heterocycles. The maximum absolute atomic E-state index is 6.08. The Balaban J connectivity index is 2.46. The molecule has 0 amide bonds. The predicted octanol–water partition coefficient (Wildman–Crippen LogP) is 3.61. The summed E-state index contributed by atoms with van der Waals surface area (Å²) >= 11 is 6.08. The van der Waals surface area contributed by atoms with E-state index < -0.39 is 0 Å². The van der Waals surface area contributed by atoms with Crippen LogP contribution in [0.1, 0.15) is 26.3 Å². The Kier molecular flexibility index (Phi) is 3.97. The first-order chi connectivity index (χ1) is 6.47. The maximum atomic E-state index is 6.08. The molecule has 0 aliphatic carbocycles. The van der Waals surface area contributed by atoms with Crippen molar-refractivity contribution in [2.24, 2.45) is 0 Å². The standard InChI is InChI=1S/C12H17ClO/c1-12(2,3)14-11(13)9-10-7-5-4-6-8-10/h4-8,11H,9H2,1-3H3. The van der Waals surface area contributed by atoms with Crippen LogP contribution in [-0.2, 0) is 11.2 Å². The lowest BCUT2D eigenvalue weighted by Gasteiger charge is -2.23. The van der Waals surface area contributed by atoms with Crippen LogP contribution in [0, 0.1) is 0 Å². The molecule has 14 heavy (non-hydrogen) atoms. The molecule has 0 aliphatic rings. The zero-order chi connectivity index (χ0) is 10.6. The van der Waals surface area contributed by atoms with Gasteiger partial charge < -0.3 is 4.74 Å². The molecular weight excluding hydrogens is 196 g/mol. The van der Waals surface area contributed by atoms with Gasteiger partial charge in [0, 0.05) is 6.42 Å². The third-order valence-corrected chi connectivity index (χ3v) is 1.96. The van der Waals surface area contributed by atoms with E-state index in [-0.39, 0.29) is 11.2 Å². The summed E-state index contributed by atoms with van der Waals surface area (Å²) in [4.78, 5) is 0. The third kappa shape index (κ3) is 4.64. The van der Waals surface area contributed by atoms with Crippen molar-refractivity contribution in [2.45, 2.75) is 38.4 Å². The largest absolute Gasteiger partial charge is 0.357 e. The normalized spacial score (nSPS) is 14.0. The van der Waals surface area contributed by atoms with E-state index >= 15 is 0 Å². The second kappa shape index (κ2) is 4.81. The van der Waals surface area contributed by atoms with Gasteiger partial charge in [0.1, 0.15) is 5.56 Å². The number of benzene rings is 1. The Bertz CT molecular complexity index is 263. The van der Waals surface area contributed by atoms with Crippen LogP contribution < -0.4 is 0 Å². The van der Waals surface area contributed by atoms with Crippen LogP contribution in [0.4, 0.5) is 0 Å². The van der Waals surface area contributed by atoms with Gasteiger partial charge in [0.2, 0.25) is 0 Å². The Morgan fingerprint density at radius 1 is 1.21 bits per heavy atom. The number of hydrogen-bond acceptors (Lipinski definition) is 1. The second-order valence-corrected chi connectivity index (χ2v) is 4.82. The molecule has 0 radical (unpaired) electrons. The van der Waals surface area contributed by atoms with Crippen molar-refractivity contribution in [1.82, 2.24) is 0 Å². The number of rotatable bonds is 3. The fraction of sp³-hybridized carbons (Fsp3) is 0.500. The quantitative estimate of drug-likeness (QED) is 0.696. The molecule has 0 saturated carbocycles. The van der Waals surface area contributed by atoms with Gasteiger partial charge in [-0.05, 0) is 26.3 Å². The fourth-order valence-corrected chi connectivity index (χ4v) is 1.67. The minimum atomic E-state index is -0.252. The monoisotopic (exact) mass is 212 g/mol. The molecule has 0 N–H and O–H groups in total. The Morgan fingerprint density at radius 2 is 1.79 bits per heavy atom. The van der Waals surface area contributed by atoms with E-state index in [1.807, 2.05) is 39.0 Å². The highest BCUT2D eigenvalue weighted by molar-refractivity contribution is 6.19. The van der Waals surface area contributed by atoms with Gasteiger partial charge >= 0.3 is 0 Å². The van der Waals surface area contributed by atoms with E-state index in [9.17, 15) is 0 Å². The van der Waals surface area contributed by atoms with E-state index in [0.717, 1.165) is 6.42 Å². The highest BCUT2D eigenvalue weighted by atomic mass is 35.5. The minimum absolute atomic E-state index is 0.179. The molecule has 0 bridgehead atoms. The van der Waals surface area contributed by atoms with Crippen molar-refractivity contribution in [3.05, 3.63) is 35.9 Å². The van der Waals surface area contributed by atoms with E-state index in [0.29, 0.717) is 0 Å². The molecular formula is C12H17ClO. The lowest BCUT2D eigenvalue weighted by atomic mass is 10.1. The van der Waals surface area contributed by atoms with Crippen LogP contribution in [-0.4, -0.2) is 11.2 Å². The molecule has 0 fully saturated rings. The number of ether oxygens (including phenoxy) is 1. The van der Waals surface area contributed by atoms with Crippen LogP contribution in [0.15, 0.2) is 30.3 Å². The first-order valence-electron chi connectivity index (χ1n) is 4.83. The Labute approximate surface area is 91.0 Å². The summed E-state index contributed by atoms with van der Waals surface area (Å²) in [5.41, 5.74) is 0.774. The molecule has 2 heteroatoms. The summed E-state index contributed by atoms with van der Waals surface area (Å²) in [6, 6.07) is 10.1. The smallest absolute Gasteiger partial charge is 0.135 e. The third-order valence-electron chi connectivity index (χ3n) is 1.72. The zero-order valence-corrected chi connectivity index (χ0v) is 9.71. The van der Waals surface area contributed by atoms with Crippen LogP contribution in [0.5, 0.6) is 0 Å². The molecule has 1 rings (SSSR count). The average molecular weight is 213 g/mol. The summed E-state index contributed by atoms with van der Waals surface area (Å²) in [6.45, 7) is 6.02. The minimum Gasteiger partial charge on any atom is -0.357 e. The summed E-state index contributed by atoms with van der Waals surface area (Å²) in [6.07, 6.45) is 0.750. The molecule has 1 atom stereocenters. The maximum Gasteiger partial charge on any atom is 0.135 e. The lowest BCUT2D eigenvalue weighted by molar-refractivity contribution is -0.0220. The van der Waals surface area contributed by atoms with Gasteiger partial charge in [-0.1, -0.05) is 41.9 Å². The summed E-state index contributed by atoms with van der Waals surface area (Å²) in [5.74, 6) is 0. The van der Waals surface area contributed by atoms with Crippen LogP contribution in [0.3, 0.4) is 0 Å². The fourth-order valence-electron chi connectivity index (χ4n) is 1.22. The average Bonchev–Trinajstić information content (AvgIpc) is 2.02. The van der Waals surface area contributed by atoms with Gasteiger partial charge in [-0.15, -0.1) is 0 Å². The van der Waals surface area contributed by atoms with E-state index in [2.05, 4.69) is 12.1 Å². The number of halogens is 1. The van der Waals surface area contributed by atoms with Gasteiger partial charge in [-0.2, -0.15) is 0 Å². The molecule has 0 aromatic heterocycles. The highest BCUT2D eigenvalue weighted by Crippen LogP contribution is 2.17. The van der Waals surface area contributed by atoms with E-state index in [4.69, 9.17) is 16.3 Å². The van der Waals surface area contributed by atoms with Gasteiger partial charge in [-0.25, -0.2) is 0 Å². The molecule has 0 saturated heterocycles. The highest BCUT2D eigenvalue weighted by Gasteiger charge is 2.16. The summed E-state index contributed by atoms with van der Waals surface area (Å²) in [7, 11) is 0. The zero-order valence-electron chi connectivity index (χ0n) is 8.96. The summed E-state index contributed by atoms with van der Waals surface area (Å²) in [5, 5.41) is 0. The SMILES string of the molecule is CC(C)(C)OC(Cl)Cc1ccccc1. The first kappa shape index (κ1) is 11.5. The predicted molar refractivity (Wildman–Crippen MR) is 60.6 cm³/mol. The topological polar surface area (TPSA) is 9.23 Å². The molecule has 1 nitrogen and oxygen atoms in total. The molecule has 1 unspecified atom stereocenters. The molecule has 0 spiro atoms. The first-order valence-corrected chi connectivity index (χ1v) is 5.27. The lowest BCUT2D eigenvalue weighted by Crippen LogP contribution is -2.25. The van der Waals surface area contributed by atoms with Gasteiger partial charge in [0.25, 0.3) is 0 Å². The van der Waals surface area contributed by atoms with Gasteiger partial charge in [0.05, 0.1) is 5.60 Å². The van der Waals surface area contributed by atoms with Crippen molar-refractivity contribution >= 4 is 11.6 Å². The van der Waals surface area contributed by atoms with Crippen molar-refractivity contribution in [1.29, 1.82) is 0 Å². The van der Waals surface area contributed by atoms with Gasteiger partial charge in [-0.3, -0.25) is 0 Å². The van der Waals surface area contributed by atoms with Crippen molar-refractivity contribution in [2.75, 3.05) is 0 Å². The molecule has 78 valence electrons. The van der Waals surface area contributed by atoms with Crippen molar-refractivity contribution in [3.63, 3.8) is 0 Å². The Morgan fingerprint density at radius 3 is 2.29 bits per heavy atom. The van der Waals surface area contributed by atoms with E-state index in [1.165, 1.54) is 5.56 Å². The van der Waals surface area contributed by atoms with Crippen molar-refractivity contribution in [3.8, 4) is 0 Å². The van der Waals surface area contributed by atoms with Crippen molar-refractivity contribution < 1.29 is 4.74 Å². The summed E-state index contributed by atoms with van der Waals surface area (Å²) < 4.78 is 5.61. The molecule has 1 aromatic carbocycles. The van der Waals surface area contributed by atoms with E-state index in [1.54, 1.807) is 0 Å². The molecule has 0 heterocycles. The second-order valence-electron chi connectivity index (χ2n) is 4.33. The number of alkyl halides is 1. The Hall–Kier alpha value is -0.530.